The minimum Gasteiger partial charge on any atom is -0.497 e. The van der Waals surface area contributed by atoms with E-state index >= 15 is 0 Å². The maximum absolute atomic E-state index is 5.16. The third-order valence-corrected chi connectivity index (χ3v) is 3.95. The molecule has 0 atom stereocenters. The van der Waals surface area contributed by atoms with Gasteiger partial charge in [-0.25, -0.2) is 9.97 Å². The monoisotopic (exact) mass is 384 g/mol. The number of nitrogens with zero attached hydrogens (tertiary/aromatic N) is 2. The first-order chi connectivity index (χ1) is 11.7. The van der Waals surface area contributed by atoms with Gasteiger partial charge >= 0.3 is 0 Å². The summed E-state index contributed by atoms with van der Waals surface area (Å²) < 4.78 is 6.20. The summed E-state index contributed by atoms with van der Waals surface area (Å²) in [7, 11) is 1.66. The van der Waals surface area contributed by atoms with Crippen molar-refractivity contribution in [1.29, 1.82) is 0 Å². The maximum atomic E-state index is 5.16. The van der Waals surface area contributed by atoms with Gasteiger partial charge in [-0.3, -0.25) is 0 Å². The predicted molar refractivity (Wildman–Crippen MR) is 99.8 cm³/mol. The molecular formula is C18H17BrN4O. The molecule has 2 N–H and O–H groups in total. The zero-order valence-electron chi connectivity index (χ0n) is 13.2. The van der Waals surface area contributed by atoms with Crippen LogP contribution in [0.5, 0.6) is 5.75 Å². The molecule has 0 unspecified atom stereocenters. The second-order valence-electron chi connectivity index (χ2n) is 5.12. The number of benzene rings is 2. The van der Waals surface area contributed by atoms with E-state index in [2.05, 4.69) is 36.5 Å². The van der Waals surface area contributed by atoms with Crippen LogP contribution in [0.25, 0.3) is 0 Å². The highest BCUT2D eigenvalue weighted by molar-refractivity contribution is 9.10. The lowest BCUT2D eigenvalue weighted by molar-refractivity contribution is 0.414. The molecule has 0 aliphatic carbocycles. The van der Waals surface area contributed by atoms with Crippen molar-refractivity contribution in [3.63, 3.8) is 0 Å². The first-order valence-corrected chi connectivity index (χ1v) is 8.24. The summed E-state index contributed by atoms with van der Waals surface area (Å²) in [6, 6.07) is 17.7. The second-order valence-corrected chi connectivity index (χ2v) is 6.04. The van der Waals surface area contributed by atoms with Gasteiger partial charge in [0, 0.05) is 22.8 Å². The fourth-order valence-electron chi connectivity index (χ4n) is 2.14. The number of halogens is 1. The lowest BCUT2D eigenvalue weighted by atomic mass is 10.2. The van der Waals surface area contributed by atoms with E-state index in [1.807, 2.05) is 54.6 Å². The first kappa shape index (κ1) is 16.3. The molecule has 0 radical (unpaired) electrons. The van der Waals surface area contributed by atoms with E-state index in [9.17, 15) is 0 Å². The number of aromatic nitrogens is 2. The Bertz CT molecular complexity index is 791. The molecule has 1 heterocycles. The van der Waals surface area contributed by atoms with Gasteiger partial charge in [0.25, 0.3) is 0 Å². The van der Waals surface area contributed by atoms with Gasteiger partial charge in [-0.1, -0.05) is 28.1 Å². The molecule has 3 rings (SSSR count). The molecule has 0 fully saturated rings. The van der Waals surface area contributed by atoms with Crippen LogP contribution in [0.2, 0.25) is 0 Å². The van der Waals surface area contributed by atoms with E-state index in [0.717, 1.165) is 33.1 Å². The van der Waals surface area contributed by atoms with Crippen LogP contribution in [0, 0.1) is 0 Å². The van der Waals surface area contributed by atoms with Crippen LogP contribution >= 0.6 is 15.9 Å². The van der Waals surface area contributed by atoms with Crippen LogP contribution in [-0.2, 0) is 6.54 Å². The summed E-state index contributed by atoms with van der Waals surface area (Å²) in [6.07, 6.45) is 1.54. The molecule has 0 amide bonds. The third-order valence-electron chi connectivity index (χ3n) is 3.42. The number of hydrogen-bond donors (Lipinski definition) is 2. The van der Waals surface area contributed by atoms with Crippen molar-refractivity contribution in [2.45, 2.75) is 6.54 Å². The zero-order chi connectivity index (χ0) is 16.8. The number of rotatable bonds is 6. The number of methoxy groups -OCH3 is 1. The number of nitrogens with one attached hydrogen (secondary N) is 2. The molecule has 6 heteroatoms. The van der Waals surface area contributed by atoms with Crippen molar-refractivity contribution in [2.24, 2.45) is 0 Å². The lowest BCUT2D eigenvalue weighted by Crippen LogP contribution is -2.03. The molecule has 0 saturated carbocycles. The molecule has 24 heavy (non-hydrogen) atoms. The molecule has 0 saturated heterocycles. The summed E-state index contributed by atoms with van der Waals surface area (Å²) in [4.78, 5) is 8.49. The predicted octanol–water partition coefficient (Wildman–Crippen LogP) is 4.60. The van der Waals surface area contributed by atoms with E-state index in [4.69, 9.17) is 4.74 Å². The van der Waals surface area contributed by atoms with Crippen molar-refractivity contribution in [3.8, 4) is 5.75 Å². The van der Waals surface area contributed by atoms with E-state index in [1.54, 1.807) is 7.11 Å². The minimum atomic E-state index is 0.679. The Morgan fingerprint density at radius 3 is 2.38 bits per heavy atom. The maximum Gasteiger partial charge on any atom is 0.135 e. The third kappa shape index (κ3) is 4.45. The first-order valence-electron chi connectivity index (χ1n) is 7.44. The van der Waals surface area contributed by atoms with Crippen molar-refractivity contribution in [3.05, 3.63) is 71.0 Å². The molecule has 2 aromatic carbocycles. The Hall–Kier alpha value is -2.60. The Morgan fingerprint density at radius 2 is 1.67 bits per heavy atom. The van der Waals surface area contributed by atoms with E-state index in [1.165, 1.54) is 6.33 Å². The minimum absolute atomic E-state index is 0.679. The molecule has 122 valence electrons. The molecule has 1 aromatic heterocycles. The van der Waals surface area contributed by atoms with Gasteiger partial charge < -0.3 is 15.4 Å². The Morgan fingerprint density at radius 1 is 0.958 bits per heavy atom. The summed E-state index contributed by atoms with van der Waals surface area (Å²) >= 11 is 3.42. The van der Waals surface area contributed by atoms with Crippen LogP contribution < -0.4 is 15.4 Å². The smallest absolute Gasteiger partial charge is 0.135 e. The van der Waals surface area contributed by atoms with Gasteiger partial charge in [-0.05, 0) is 42.0 Å². The Kier molecular flexibility index (Phi) is 5.28. The van der Waals surface area contributed by atoms with Gasteiger partial charge in [0.1, 0.15) is 23.7 Å². The van der Waals surface area contributed by atoms with Gasteiger partial charge in [0.15, 0.2) is 0 Å². The van der Waals surface area contributed by atoms with Crippen molar-refractivity contribution >= 4 is 33.3 Å². The normalized spacial score (nSPS) is 10.2. The second kappa shape index (κ2) is 7.79. The summed E-state index contributed by atoms with van der Waals surface area (Å²) in [5, 5.41) is 6.55. The van der Waals surface area contributed by atoms with E-state index in [-0.39, 0.29) is 0 Å². The highest BCUT2D eigenvalue weighted by Crippen LogP contribution is 2.19. The van der Waals surface area contributed by atoms with Gasteiger partial charge in [0.2, 0.25) is 0 Å². The molecule has 5 nitrogen and oxygen atoms in total. The molecular weight excluding hydrogens is 368 g/mol. The van der Waals surface area contributed by atoms with Gasteiger partial charge in [-0.2, -0.15) is 0 Å². The fraction of sp³-hybridized carbons (Fsp3) is 0.111. The average Bonchev–Trinajstić information content (AvgIpc) is 2.63. The highest BCUT2D eigenvalue weighted by atomic mass is 79.9. The number of ether oxygens (including phenoxy) is 1. The molecule has 0 bridgehead atoms. The molecule has 0 aliphatic rings. The van der Waals surface area contributed by atoms with Crippen LogP contribution in [0.15, 0.2) is 65.4 Å². The SMILES string of the molecule is COc1ccc(CNc2cc(Nc3ccc(Br)cc3)ncn2)cc1. The van der Waals surface area contributed by atoms with Crippen LogP contribution in [0.1, 0.15) is 5.56 Å². The number of anilines is 3. The average molecular weight is 385 g/mol. The largest absolute Gasteiger partial charge is 0.497 e. The fourth-order valence-corrected chi connectivity index (χ4v) is 2.40. The van der Waals surface area contributed by atoms with Crippen LogP contribution in [-0.4, -0.2) is 17.1 Å². The Balaban J connectivity index is 1.63. The van der Waals surface area contributed by atoms with Crippen molar-refractivity contribution in [2.75, 3.05) is 17.7 Å². The van der Waals surface area contributed by atoms with E-state index < -0.39 is 0 Å². The summed E-state index contributed by atoms with van der Waals surface area (Å²) in [6.45, 7) is 0.679. The molecule has 3 aromatic rings. The standard InChI is InChI=1S/C18H17BrN4O/c1-24-16-8-2-13(3-9-16)11-20-17-10-18(22-12-21-17)23-15-6-4-14(19)5-7-15/h2-10,12H,11H2,1H3,(H2,20,21,22,23). The Labute approximate surface area is 149 Å². The van der Waals surface area contributed by atoms with E-state index in [0.29, 0.717) is 6.54 Å². The van der Waals surface area contributed by atoms with Crippen molar-refractivity contribution in [1.82, 2.24) is 9.97 Å². The number of hydrogen-bond acceptors (Lipinski definition) is 5. The topological polar surface area (TPSA) is 59.1 Å². The lowest BCUT2D eigenvalue weighted by Gasteiger charge is -2.09. The highest BCUT2D eigenvalue weighted by Gasteiger charge is 2.01. The van der Waals surface area contributed by atoms with Gasteiger partial charge in [0.05, 0.1) is 7.11 Å². The zero-order valence-corrected chi connectivity index (χ0v) is 14.7. The summed E-state index contributed by atoms with van der Waals surface area (Å²) in [5.41, 5.74) is 2.12. The van der Waals surface area contributed by atoms with Crippen LogP contribution in [0.4, 0.5) is 17.3 Å². The molecule has 0 spiro atoms. The quantitative estimate of drug-likeness (QED) is 0.649. The molecule has 0 aliphatic heterocycles. The van der Waals surface area contributed by atoms with Crippen molar-refractivity contribution < 1.29 is 4.74 Å². The van der Waals surface area contributed by atoms with Gasteiger partial charge in [-0.15, -0.1) is 0 Å². The van der Waals surface area contributed by atoms with Crippen LogP contribution in [0.3, 0.4) is 0 Å². The summed E-state index contributed by atoms with van der Waals surface area (Å²) in [5.74, 6) is 2.35.